The molecule has 0 spiro atoms. The van der Waals surface area contributed by atoms with Crippen molar-refractivity contribution in [3.63, 3.8) is 0 Å². The summed E-state index contributed by atoms with van der Waals surface area (Å²) in [5.41, 5.74) is 10.6. The molecule has 0 atom stereocenters. The van der Waals surface area contributed by atoms with E-state index in [-0.39, 0.29) is 0 Å². The summed E-state index contributed by atoms with van der Waals surface area (Å²) in [6.07, 6.45) is 0. The lowest BCUT2D eigenvalue weighted by Gasteiger charge is -2.03. The molecule has 12 heavy (non-hydrogen) atoms. The van der Waals surface area contributed by atoms with E-state index in [4.69, 9.17) is 11.5 Å². The average molecular weight is 210 g/mol. The van der Waals surface area contributed by atoms with E-state index in [1.54, 1.807) is 21.6 Å². The Hall–Kier alpha value is 0.540. The fraction of sp³-hybridized carbons (Fsp3) is 1.00. The summed E-state index contributed by atoms with van der Waals surface area (Å²) in [7, 11) is 3.58. The van der Waals surface area contributed by atoms with Crippen molar-refractivity contribution in [1.29, 1.82) is 0 Å². The quantitative estimate of drug-likeness (QED) is 0.231. The van der Waals surface area contributed by atoms with E-state index in [0.29, 0.717) is 13.1 Å². The summed E-state index contributed by atoms with van der Waals surface area (Å²) >= 11 is 0. The molecule has 0 amide bonds. The van der Waals surface area contributed by atoms with Gasteiger partial charge in [-0.05, 0) is 0 Å². The van der Waals surface area contributed by atoms with Crippen molar-refractivity contribution in [3.8, 4) is 0 Å². The van der Waals surface area contributed by atoms with Crippen LogP contribution < -0.4 is 22.1 Å². The van der Waals surface area contributed by atoms with Crippen LogP contribution in [-0.2, 0) is 0 Å². The molecular formula is C6H18N4S2. The Morgan fingerprint density at radius 3 is 1.58 bits per heavy atom. The molecule has 0 aromatic rings. The first-order valence-electron chi connectivity index (χ1n) is 3.97. The zero-order chi connectivity index (χ0) is 9.07. The van der Waals surface area contributed by atoms with Crippen molar-refractivity contribution in [2.45, 2.75) is 0 Å². The second-order valence-corrected chi connectivity index (χ2v) is 4.56. The molecule has 0 aliphatic rings. The third-order valence-electron chi connectivity index (χ3n) is 1.05. The molecule has 0 unspecified atom stereocenters. The monoisotopic (exact) mass is 210 g/mol. The summed E-state index contributed by atoms with van der Waals surface area (Å²) in [6, 6.07) is 0. The van der Waals surface area contributed by atoms with Crippen LogP contribution in [0.3, 0.4) is 0 Å². The normalized spacial score (nSPS) is 10.5. The number of nitrogens with two attached hydrogens (primary N) is 2. The Kier molecular flexibility index (Phi) is 12.1. The lowest BCUT2D eigenvalue weighted by Crippen LogP contribution is -2.22. The Bertz CT molecular complexity index is 73.9. The van der Waals surface area contributed by atoms with Crippen LogP contribution in [0.2, 0.25) is 0 Å². The molecule has 0 radical (unpaired) electrons. The minimum absolute atomic E-state index is 0.705. The third-order valence-corrected chi connectivity index (χ3v) is 3.07. The van der Waals surface area contributed by atoms with Crippen LogP contribution in [0, 0.1) is 0 Å². The molecule has 4 nitrogen and oxygen atoms in total. The van der Waals surface area contributed by atoms with Gasteiger partial charge in [0.1, 0.15) is 0 Å². The minimum atomic E-state index is 0.705. The molecule has 0 saturated carbocycles. The van der Waals surface area contributed by atoms with Crippen molar-refractivity contribution < 1.29 is 0 Å². The third kappa shape index (κ3) is 10.5. The fourth-order valence-corrected chi connectivity index (χ4v) is 2.14. The smallest absolute Gasteiger partial charge is 0.0524 e. The van der Waals surface area contributed by atoms with E-state index in [1.807, 2.05) is 0 Å². The Morgan fingerprint density at radius 1 is 0.833 bits per heavy atom. The van der Waals surface area contributed by atoms with Gasteiger partial charge in [-0.2, -0.15) is 0 Å². The van der Waals surface area contributed by atoms with Gasteiger partial charge in [-0.25, -0.2) is 0 Å². The first kappa shape index (κ1) is 12.5. The molecule has 0 aliphatic heterocycles. The number of hydrogen-bond donors (Lipinski definition) is 4. The second-order valence-electron chi connectivity index (χ2n) is 2.10. The van der Waals surface area contributed by atoms with Crippen LogP contribution in [0.5, 0.6) is 0 Å². The zero-order valence-electron chi connectivity index (χ0n) is 7.21. The van der Waals surface area contributed by atoms with Gasteiger partial charge in [0.05, 0.1) is 11.8 Å². The van der Waals surface area contributed by atoms with Crippen molar-refractivity contribution in [2.75, 3.05) is 37.9 Å². The fourth-order valence-electron chi connectivity index (χ4n) is 0.515. The number of rotatable bonds is 9. The molecule has 0 bridgehead atoms. The van der Waals surface area contributed by atoms with E-state index in [1.165, 1.54) is 0 Å². The van der Waals surface area contributed by atoms with Crippen LogP contribution in [0.1, 0.15) is 0 Å². The van der Waals surface area contributed by atoms with Crippen molar-refractivity contribution in [3.05, 3.63) is 0 Å². The van der Waals surface area contributed by atoms with E-state index < -0.39 is 0 Å². The molecule has 0 fully saturated rings. The van der Waals surface area contributed by atoms with Crippen molar-refractivity contribution in [2.24, 2.45) is 11.5 Å². The predicted octanol–water partition coefficient (Wildman–Crippen LogP) is -0.621. The molecule has 74 valence electrons. The lowest BCUT2D eigenvalue weighted by molar-refractivity contribution is 0.783. The van der Waals surface area contributed by atoms with Gasteiger partial charge < -0.3 is 22.1 Å². The number of nitrogens with one attached hydrogen (secondary N) is 2. The standard InChI is InChI=1S/C6H18N4S2/c7-1-3-9-5-11-12-6-10-4-2-8/h9-10H,1-8H2. The summed E-state index contributed by atoms with van der Waals surface area (Å²) in [5, 5.41) is 6.38. The predicted molar refractivity (Wildman–Crippen MR) is 59.0 cm³/mol. The highest BCUT2D eigenvalue weighted by Gasteiger charge is 1.88. The lowest BCUT2D eigenvalue weighted by atomic mass is 10.7. The molecule has 0 aromatic heterocycles. The van der Waals surface area contributed by atoms with Crippen LogP contribution >= 0.6 is 21.6 Å². The van der Waals surface area contributed by atoms with Crippen molar-refractivity contribution >= 4 is 21.6 Å². The van der Waals surface area contributed by atoms with Gasteiger partial charge in [0, 0.05) is 26.2 Å². The average Bonchev–Trinajstić information content (AvgIpc) is 2.10. The second kappa shape index (κ2) is 11.5. The van der Waals surface area contributed by atoms with Gasteiger partial charge in [-0.3, -0.25) is 0 Å². The molecule has 6 heteroatoms. The molecule has 0 heterocycles. The van der Waals surface area contributed by atoms with Crippen LogP contribution in [0.25, 0.3) is 0 Å². The van der Waals surface area contributed by atoms with Gasteiger partial charge >= 0.3 is 0 Å². The maximum atomic E-state index is 5.30. The van der Waals surface area contributed by atoms with Crippen molar-refractivity contribution in [1.82, 2.24) is 10.6 Å². The summed E-state index contributed by atoms with van der Waals surface area (Å²) in [4.78, 5) is 0. The minimum Gasteiger partial charge on any atom is -0.329 e. The van der Waals surface area contributed by atoms with Gasteiger partial charge in [0.15, 0.2) is 0 Å². The SMILES string of the molecule is NCCNCSSCNCCN. The largest absolute Gasteiger partial charge is 0.329 e. The van der Waals surface area contributed by atoms with Gasteiger partial charge in [-0.15, -0.1) is 0 Å². The summed E-state index contributed by atoms with van der Waals surface area (Å²) in [6.45, 7) is 3.20. The molecular weight excluding hydrogens is 192 g/mol. The first-order chi connectivity index (χ1) is 5.91. The van der Waals surface area contributed by atoms with E-state index in [2.05, 4.69) is 10.6 Å². The Labute approximate surface area is 82.0 Å². The highest BCUT2D eigenvalue weighted by molar-refractivity contribution is 8.76. The highest BCUT2D eigenvalue weighted by atomic mass is 33.1. The molecule has 0 aromatic carbocycles. The van der Waals surface area contributed by atoms with E-state index in [0.717, 1.165) is 24.8 Å². The molecule has 0 saturated heterocycles. The Balaban J connectivity index is 2.73. The number of hydrogen-bond acceptors (Lipinski definition) is 6. The maximum Gasteiger partial charge on any atom is 0.0524 e. The van der Waals surface area contributed by atoms with Crippen LogP contribution in [-0.4, -0.2) is 37.9 Å². The van der Waals surface area contributed by atoms with E-state index >= 15 is 0 Å². The molecule has 6 N–H and O–H groups in total. The van der Waals surface area contributed by atoms with E-state index in [9.17, 15) is 0 Å². The van der Waals surface area contributed by atoms with Crippen LogP contribution in [0.4, 0.5) is 0 Å². The maximum absolute atomic E-state index is 5.30. The topological polar surface area (TPSA) is 76.1 Å². The van der Waals surface area contributed by atoms with Gasteiger partial charge in [0.2, 0.25) is 0 Å². The summed E-state index contributed by atoms with van der Waals surface area (Å²) < 4.78 is 0. The summed E-state index contributed by atoms with van der Waals surface area (Å²) in [5.74, 6) is 1.90. The zero-order valence-corrected chi connectivity index (χ0v) is 8.85. The first-order valence-corrected chi connectivity index (χ1v) is 6.46. The highest BCUT2D eigenvalue weighted by Crippen LogP contribution is 2.17. The Morgan fingerprint density at radius 2 is 1.25 bits per heavy atom. The van der Waals surface area contributed by atoms with Crippen LogP contribution in [0.15, 0.2) is 0 Å². The van der Waals surface area contributed by atoms with Gasteiger partial charge in [0.25, 0.3) is 0 Å². The molecule has 0 rings (SSSR count). The molecule has 0 aliphatic carbocycles. The van der Waals surface area contributed by atoms with Gasteiger partial charge in [-0.1, -0.05) is 21.6 Å².